The van der Waals surface area contributed by atoms with Gasteiger partial charge in [0, 0.05) is 38.8 Å². The predicted molar refractivity (Wildman–Crippen MR) is 117 cm³/mol. The molecule has 2 nitrogen and oxygen atoms in total. The Labute approximate surface area is 177 Å². The molecule has 0 N–H and O–H groups in total. The van der Waals surface area contributed by atoms with Crippen molar-refractivity contribution in [3.63, 3.8) is 0 Å². The minimum atomic E-state index is -0.373. The molecule has 1 atom stereocenters. The fourth-order valence-electron chi connectivity index (χ4n) is 4.30. The van der Waals surface area contributed by atoms with Crippen LogP contribution in [0.15, 0.2) is 78.9 Å². The number of halogens is 2. The summed E-state index contributed by atoms with van der Waals surface area (Å²) in [6.45, 7) is 4.71. The van der Waals surface area contributed by atoms with Crippen LogP contribution in [0, 0.1) is 11.6 Å². The highest BCUT2D eigenvalue weighted by Crippen LogP contribution is 2.21. The number of aryl methyl sites for hydroxylation is 1. The highest BCUT2D eigenvalue weighted by molar-refractivity contribution is 5.20. The Morgan fingerprint density at radius 3 is 2.13 bits per heavy atom. The van der Waals surface area contributed by atoms with Crippen molar-refractivity contribution in [2.24, 2.45) is 0 Å². The first-order valence-electron chi connectivity index (χ1n) is 10.7. The SMILES string of the molecule is Fc1ccc(F)c(CCC2CN(Cc3ccccc3)CCN2Cc2ccccc2)c1. The Kier molecular flexibility index (Phi) is 6.88. The van der Waals surface area contributed by atoms with Crippen LogP contribution in [0.5, 0.6) is 0 Å². The van der Waals surface area contributed by atoms with Gasteiger partial charge in [0.2, 0.25) is 0 Å². The number of rotatable bonds is 7. The van der Waals surface area contributed by atoms with Crippen molar-refractivity contribution < 1.29 is 8.78 Å². The number of nitrogens with zero attached hydrogens (tertiary/aromatic N) is 2. The summed E-state index contributed by atoms with van der Waals surface area (Å²) in [5.74, 6) is -0.690. The molecule has 0 amide bonds. The average Bonchev–Trinajstić information content (AvgIpc) is 2.77. The van der Waals surface area contributed by atoms with E-state index in [0.29, 0.717) is 18.0 Å². The summed E-state index contributed by atoms with van der Waals surface area (Å²) >= 11 is 0. The van der Waals surface area contributed by atoms with Gasteiger partial charge in [-0.1, -0.05) is 60.7 Å². The van der Waals surface area contributed by atoms with Crippen LogP contribution in [-0.4, -0.2) is 35.5 Å². The Hall–Kier alpha value is -2.56. The number of hydrogen-bond donors (Lipinski definition) is 0. The largest absolute Gasteiger partial charge is 0.296 e. The molecule has 1 unspecified atom stereocenters. The van der Waals surface area contributed by atoms with Crippen molar-refractivity contribution in [1.29, 1.82) is 0 Å². The Morgan fingerprint density at radius 1 is 0.767 bits per heavy atom. The number of hydrogen-bond acceptors (Lipinski definition) is 2. The van der Waals surface area contributed by atoms with Gasteiger partial charge in [-0.05, 0) is 47.7 Å². The molecular formula is C26H28F2N2. The van der Waals surface area contributed by atoms with Gasteiger partial charge in [0.1, 0.15) is 11.6 Å². The quantitative estimate of drug-likeness (QED) is 0.526. The summed E-state index contributed by atoms with van der Waals surface area (Å²) in [5.41, 5.74) is 3.06. The lowest BCUT2D eigenvalue weighted by atomic mass is 10.00. The van der Waals surface area contributed by atoms with E-state index in [1.807, 2.05) is 12.1 Å². The minimum Gasteiger partial charge on any atom is -0.296 e. The molecule has 0 saturated carbocycles. The second kappa shape index (κ2) is 9.96. The van der Waals surface area contributed by atoms with Crippen LogP contribution in [0.25, 0.3) is 0 Å². The van der Waals surface area contributed by atoms with E-state index in [2.05, 4.69) is 58.3 Å². The molecule has 0 aromatic heterocycles. The summed E-state index contributed by atoms with van der Waals surface area (Å²) in [4.78, 5) is 4.97. The van der Waals surface area contributed by atoms with Crippen molar-refractivity contribution in [3.05, 3.63) is 107 Å². The highest BCUT2D eigenvalue weighted by atomic mass is 19.1. The van der Waals surface area contributed by atoms with E-state index in [4.69, 9.17) is 0 Å². The van der Waals surface area contributed by atoms with Gasteiger partial charge in [-0.2, -0.15) is 0 Å². The van der Waals surface area contributed by atoms with Gasteiger partial charge in [-0.3, -0.25) is 9.80 Å². The van der Waals surface area contributed by atoms with Crippen LogP contribution in [0.1, 0.15) is 23.1 Å². The van der Waals surface area contributed by atoms with E-state index >= 15 is 0 Å². The van der Waals surface area contributed by atoms with Gasteiger partial charge in [-0.15, -0.1) is 0 Å². The van der Waals surface area contributed by atoms with Crippen LogP contribution in [0.2, 0.25) is 0 Å². The lowest BCUT2D eigenvalue weighted by Gasteiger charge is -2.42. The summed E-state index contributed by atoms with van der Waals surface area (Å²) in [6.07, 6.45) is 1.34. The molecule has 3 aromatic carbocycles. The van der Waals surface area contributed by atoms with Crippen LogP contribution < -0.4 is 0 Å². The van der Waals surface area contributed by atoms with Crippen LogP contribution in [0.3, 0.4) is 0 Å². The third kappa shape index (κ3) is 5.53. The van der Waals surface area contributed by atoms with Crippen molar-refractivity contribution in [2.45, 2.75) is 32.0 Å². The van der Waals surface area contributed by atoms with E-state index in [0.717, 1.165) is 39.1 Å². The fourth-order valence-corrected chi connectivity index (χ4v) is 4.30. The molecule has 1 aliphatic rings. The summed E-state index contributed by atoms with van der Waals surface area (Å²) in [6, 6.07) is 25.0. The molecule has 0 bridgehead atoms. The zero-order chi connectivity index (χ0) is 20.8. The monoisotopic (exact) mass is 406 g/mol. The maximum atomic E-state index is 14.1. The molecule has 156 valence electrons. The third-order valence-electron chi connectivity index (χ3n) is 5.92. The predicted octanol–water partition coefficient (Wildman–Crippen LogP) is 5.28. The van der Waals surface area contributed by atoms with Crippen LogP contribution in [0.4, 0.5) is 8.78 Å². The summed E-state index contributed by atoms with van der Waals surface area (Å²) < 4.78 is 27.7. The van der Waals surface area contributed by atoms with Gasteiger partial charge in [0.05, 0.1) is 0 Å². The van der Waals surface area contributed by atoms with E-state index in [9.17, 15) is 8.78 Å². The maximum absolute atomic E-state index is 14.1. The van der Waals surface area contributed by atoms with E-state index in [1.165, 1.54) is 29.3 Å². The fraction of sp³-hybridized carbons (Fsp3) is 0.308. The summed E-state index contributed by atoms with van der Waals surface area (Å²) in [7, 11) is 0. The first-order valence-corrected chi connectivity index (χ1v) is 10.7. The zero-order valence-electron chi connectivity index (χ0n) is 17.2. The van der Waals surface area contributed by atoms with Gasteiger partial charge in [-0.25, -0.2) is 8.78 Å². The van der Waals surface area contributed by atoms with Crippen LogP contribution in [-0.2, 0) is 19.5 Å². The van der Waals surface area contributed by atoms with Crippen molar-refractivity contribution >= 4 is 0 Å². The molecule has 4 heteroatoms. The molecule has 1 heterocycles. The number of benzene rings is 3. The van der Waals surface area contributed by atoms with Crippen molar-refractivity contribution in [3.8, 4) is 0 Å². The lowest BCUT2D eigenvalue weighted by molar-refractivity contribution is 0.0596. The molecule has 1 aliphatic heterocycles. The topological polar surface area (TPSA) is 6.48 Å². The highest BCUT2D eigenvalue weighted by Gasteiger charge is 2.27. The van der Waals surface area contributed by atoms with Crippen LogP contribution >= 0.6 is 0 Å². The molecule has 0 spiro atoms. The molecule has 1 saturated heterocycles. The maximum Gasteiger partial charge on any atom is 0.126 e. The first kappa shape index (κ1) is 20.7. The molecule has 0 radical (unpaired) electrons. The van der Waals surface area contributed by atoms with Crippen molar-refractivity contribution in [2.75, 3.05) is 19.6 Å². The van der Waals surface area contributed by atoms with Gasteiger partial charge < -0.3 is 0 Å². The lowest BCUT2D eigenvalue weighted by Crippen LogP contribution is -2.52. The van der Waals surface area contributed by atoms with Crippen molar-refractivity contribution in [1.82, 2.24) is 9.80 Å². The molecule has 4 rings (SSSR count). The minimum absolute atomic E-state index is 0.297. The Morgan fingerprint density at radius 2 is 1.43 bits per heavy atom. The first-order chi connectivity index (χ1) is 14.7. The second-order valence-corrected chi connectivity index (χ2v) is 8.11. The smallest absolute Gasteiger partial charge is 0.126 e. The average molecular weight is 407 g/mol. The third-order valence-corrected chi connectivity index (χ3v) is 5.92. The van der Waals surface area contributed by atoms with Gasteiger partial charge >= 0.3 is 0 Å². The normalized spacial score (nSPS) is 17.9. The number of piperazine rings is 1. The van der Waals surface area contributed by atoms with E-state index < -0.39 is 0 Å². The molecular weight excluding hydrogens is 378 g/mol. The van der Waals surface area contributed by atoms with Gasteiger partial charge in [0.25, 0.3) is 0 Å². The van der Waals surface area contributed by atoms with E-state index in [-0.39, 0.29) is 11.6 Å². The van der Waals surface area contributed by atoms with E-state index in [1.54, 1.807) is 0 Å². The summed E-state index contributed by atoms with van der Waals surface area (Å²) in [5, 5.41) is 0. The molecule has 30 heavy (non-hydrogen) atoms. The standard InChI is InChI=1S/C26H28F2N2/c27-24-12-14-26(28)23(17-24)11-13-25-20-29(18-21-7-3-1-4-8-21)15-16-30(25)19-22-9-5-2-6-10-22/h1-10,12,14,17,25H,11,13,15-16,18-20H2. The Bertz CT molecular complexity index is 930. The zero-order valence-corrected chi connectivity index (χ0v) is 17.2. The second-order valence-electron chi connectivity index (χ2n) is 8.11. The molecule has 3 aromatic rings. The molecule has 1 fully saturated rings. The van der Waals surface area contributed by atoms with Gasteiger partial charge in [0.15, 0.2) is 0 Å². The Balaban J connectivity index is 1.46. The molecule has 0 aliphatic carbocycles.